The van der Waals surface area contributed by atoms with Gasteiger partial charge in [0.15, 0.2) is 5.78 Å². The summed E-state index contributed by atoms with van der Waals surface area (Å²) in [5.41, 5.74) is -0.983. The first kappa shape index (κ1) is 41.3. The Morgan fingerprint density at radius 1 is 0.983 bits per heavy atom. The van der Waals surface area contributed by atoms with Gasteiger partial charge >= 0.3 is 5.69 Å². The summed E-state index contributed by atoms with van der Waals surface area (Å²) in [4.78, 5) is 59.7. The number of benzene rings is 3. The maximum atomic E-state index is 15.2. The van der Waals surface area contributed by atoms with Gasteiger partial charge in [-0.2, -0.15) is 10.2 Å². The zero-order valence-corrected chi connectivity index (χ0v) is 35.6. The van der Waals surface area contributed by atoms with Gasteiger partial charge in [-0.05, 0) is 78.7 Å². The van der Waals surface area contributed by atoms with Crippen molar-refractivity contribution in [3.8, 4) is 5.00 Å². The lowest BCUT2D eigenvalue weighted by Gasteiger charge is -2.42. The first-order valence-corrected chi connectivity index (χ1v) is 22.5. The van der Waals surface area contributed by atoms with Gasteiger partial charge in [0.1, 0.15) is 27.3 Å². The first-order chi connectivity index (χ1) is 27.7. The van der Waals surface area contributed by atoms with E-state index in [-0.39, 0.29) is 24.5 Å². The van der Waals surface area contributed by atoms with Gasteiger partial charge in [0.2, 0.25) is 0 Å². The number of fused-ring (bicyclic) bond motifs is 1. The summed E-state index contributed by atoms with van der Waals surface area (Å²) in [7, 11) is -3.65. The van der Waals surface area contributed by atoms with E-state index in [0.29, 0.717) is 53.4 Å². The molecule has 0 bridgehead atoms. The number of ketones is 1. The largest absolute Gasteiger partial charge is 0.424 e. The summed E-state index contributed by atoms with van der Waals surface area (Å²) in [6.45, 7) is 11.7. The summed E-state index contributed by atoms with van der Waals surface area (Å²) in [5.74, 6) is -0.825. The molecular formula is C44H50FN5O6SSi. The van der Waals surface area contributed by atoms with Crippen molar-refractivity contribution in [3.05, 3.63) is 135 Å². The molecule has 3 aromatic carbocycles. The summed E-state index contributed by atoms with van der Waals surface area (Å²) >= 11 is 1.19. The summed E-state index contributed by atoms with van der Waals surface area (Å²) < 4.78 is 30.0. The van der Waals surface area contributed by atoms with E-state index in [1.807, 2.05) is 81.4 Å². The fourth-order valence-corrected chi connectivity index (χ4v) is 13.2. The summed E-state index contributed by atoms with van der Waals surface area (Å²) in [5, 5.41) is 9.92. The number of halogens is 1. The normalized spacial score (nSPS) is 14.9. The van der Waals surface area contributed by atoms with Gasteiger partial charge < -0.3 is 14.3 Å². The predicted molar refractivity (Wildman–Crippen MR) is 227 cm³/mol. The molecule has 4 heterocycles. The smallest absolute Gasteiger partial charge is 0.333 e. The Hall–Kier alpha value is -4.86. The molecule has 1 aliphatic heterocycles. The Bertz CT molecular complexity index is 2490. The van der Waals surface area contributed by atoms with Crippen LogP contribution >= 0.6 is 11.3 Å². The van der Waals surface area contributed by atoms with Crippen LogP contribution in [0.5, 0.6) is 0 Å². The molecule has 0 amide bonds. The van der Waals surface area contributed by atoms with Crippen LogP contribution in [-0.2, 0) is 32.8 Å². The lowest BCUT2D eigenvalue weighted by atomic mass is 9.91. The second-order valence-electron chi connectivity index (χ2n) is 16.2. The van der Waals surface area contributed by atoms with Crippen LogP contribution < -0.4 is 21.6 Å². The maximum Gasteiger partial charge on any atom is 0.333 e. The third-order valence-electron chi connectivity index (χ3n) is 11.7. The van der Waals surface area contributed by atoms with Gasteiger partial charge in [0.25, 0.3) is 13.9 Å². The molecule has 14 heteroatoms. The van der Waals surface area contributed by atoms with Crippen LogP contribution in [-0.4, -0.2) is 62.3 Å². The van der Waals surface area contributed by atoms with E-state index in [4.69, 9.17) is 9.47 Å². The number of hydrogen-bond donors (Lipinski definition) is 1. The number of thiophene rings is 1. The van der Waals surface area contributed by atoms with Gasteiger partial charge in [-0.25, -0.2) is 13.8 Å². The van der Waals surface area contributed by atoms with Gasteiger partial charge in [0, 0.05) is 25.2 Å². The average molecular weight is 824 g/mol. The highest BCUT2D eigenvalue weighted by Gasteiger charge is 2.52. The number of rotatable bonds is 14. The third-order valence-corrected chi connectivity index (χ3v) is 17.5. The molecule has 0 saturated carbocycles. The minimum atomic E-state index is -3.65. The fraction of sp³-hybridized carbons (Fsp3) is 0.386. The molecule has 304 valence electrons. The van der Waals surface area contributed by atoms with E-state index in [9.17, 15) is 14.4 Å². The van der Waals surface area contributed by atoms with Crippen molar-refractivity contribution in [2.24, 2.45) is 0 Å². The van der Waals surface area contributed by atoms with Crippen molar-refractivity contribution >= 4 is 46.0 Å². The second-order valence-corrected chi connectivity index (χ2v) is 21.1. The molecule has 1 saturated heterocycles. The Balaban J connectivity index is 1.39. The highest BCUT2D eigenvalue weighted by Crippen LogP contribution is 2.41. The number of ether oxygens (including phenoxy) is 2. The van der Waals surface area contributed by atoms with E-state index in [1.54, 1.807) is 26.8 Å². The number of nitrogens with zero attached hydrogens (tertiary/aromatic N) is 5. The number of aryl methyl sites for hydroxylation is 2. The van der Waals surface area contributed by atoms with Gasteiger partial charge in [-0.3, -0.25) is 14.2 Å². The maximum absolute atomic E-state index is 15.2. The van der Waals surface area contributed by atoms with Crippen molar-refractivity contribution in [3.63, 3.8) is 0 Å². The molecule has 11 nitrogen and oxygen atoms in total. The second kappa shape index (κ2) is 16.4. The van der Waals surface area contributed by atoms with Crippen LogP contribution in [0, 0.1) is 12.7 Å². The molecule has 1 N–H and O–H groups in total. The number of carbonyl (C=O) groups is 1. The number of aromatic nitrogens is 5. The highest BCUT2D eigenvalue weighted by molar-refractivity contribution is 7.21. The molecule has 1 aliphatic rings. The topological polar surface area (TPSA) is 130 Å². The van der Waals surface area contributed by atoms with Crippen LogP contribution in [0.3, 0.4) is 0 Å². The zero-order valence-electron chi connectivity index (χ0n) is 33.8. The Labute approximate surface area is 341 Å². The Morgan fingerprint density at radius 3 is 2.17 bits per heavy atom. The van der Waals surface area contributed by atoms with E-state index < -0.39 is 47.8 Å². The molecule has 58 heavy (non-hydrogen) atoms. The van der Waals surface area contributed by atoms with Crippen molar-refractivity contribution in [1.82, 2.24) is 24.1 Å². The van der Waals surface area contributed by atoms with Crippen LogP contribution in [0.2, 0.25) is 5.04 Å². The quantitative estimate of drug-likeness (QED) is 0.133. The molecule has 3 aromatic heterocycles. The molecule has 1 fully saturated rings. The molecular weight excluding hydrogens is 774 g/mol. The molecule has 7 rings (SSSR count). The van der Waals surface area contributed by atoms with Crippen LogP contribution in [0.15, 0.2) is 101 Å². The Morgan fingerprint density at radius 2 is 1.59 bits per heavy atom. The van der Waals surface area contributed by atoms with Crippen LogP contribution in [0.25, 0.3) is 15.2 Å². The van der Waals surface area contributed by atoms with E-state index in [2.05, 4.69) is 10.2 Å². The summed E-state index contributed by atoms with van der Waals surface area (Å²) in [6, 6.07) is 23.4. The standard InChI is InChI=1S/C44H50FN5O6SSi/c1-7-30-18-19-31(45)26-35(30)36(56-32-20-24-55-25-21-32)28-48-41-38(29(2)40(57-41)50-46-22-23-47-50)39(52)49(42(48)53)44(5,6)37(51)27-43(3,4)58(54,33-14-10-8-11-15-33)34-16-12-9-13-17-34/h8-19,22-23,26,32,36,54H,7,20-21,24-25,27-28H2,1-6H3. The monoisotopic (exact) mass is 823 g/mol. The zero-order chi connectivity index (χ0) is 41.4. The number of Topliss-reactive ketones (excluding diaryl/α,β-unsaturated/α-hetero) is 1. The third kappa shape index (κ3) is 7.47. The minimum absolute atomic E-state index is 0.0696. The molecule has 1 atom stereocenters. The average Bonchev–Trinajstić information content (AvgIpc) is 3.87. The van der Waals surface area contributed by atoms with Crippen LogP contribution in [0.4, 0.5) is 4.39 Å². The van der Waals surface area contributed by atoms with Crippen molar-refractivity contribution < 1.29 is 23.5 Å². The van der Waals surface area contributed by atoms with Crippen LogP contribution in [0.1, 0.15) is 76.7 Å². The Kier molecular flexibility index (Phi) is 11.7. The SMILES string of the molecule is CCc1ccc(F)cc1C(Cn1c(=O)n(C(C)(C)C(=O)CC(C)(C)[Si](O)(c2ccccc2)c2ccccc2)c(=O)c2c(C)c(-n3nccn3)sc21)OC1CCOCC1. The fourth-order valence-electron chi connectivity index (χ4n) is 8.29. The van der Waals surface area contributed by atoms with Crippen molar-refractivity contribution in [2.45, 2.75) is 96.6 Å². The summed E-state index contributed by atoms with van der Waals surface area (Å²) in [6.07, 6.45) is 3.77. The molecule has 6 aromatic rings. The van der Waals surface area contributed by atoms with Gasteiger partial charge in [-0.1, -0.05) is 98.8 Å². The molecule has 0 radical (unpaired) electrons. The van der Waals surface area contributed by atoms with E-state index >= 15 is 9.18 Å². The highest BCUT2D eigenvalue weighted by atomic mass is 32.1. The van der Waals surface area contributed by atoms with Crippen molar-refractivity contribution in [1.29, 1.82) is 0 Å². The number of hydrogen-bond acceptors (Lipinski definition) is 9. The molecule has 1 unspecified atom stereocenters. The lowest BCUT2D eigenvalue weighted by molar-refractivity contribution is -0.127. The van der Waals surface area contributed by atoms with E-state index in [1.165, 1.54) is 45.2 Å². The lowest BCUT2D eigenvalue weighted by Crippen LogP contribution is -2.66. The molecule has 0 aliphatic carbocycles. The van der Waals surface area contributed by atoms with Gasteiger partial charge in [0.05, 0.1) is 30.4 Å². The first-order valence-electron chi connectivity index (χ1n) is 19.7. The van der Waals surface area contributed by atoms with Gasteiger partial charge in [-0.15, -0.1) is 4.80 Å². The molecule has 0 spiro atoms. The number of carbonyl (C=O) groups excluding carboxylic acids is 1. The minimum Gasteiger partial charge on any atom is -0.424 e. The predicted octanol–water partition coefficient (Wildman–Crippen LogP) is 5.98. The van der Waals surface area contributed by atoms with Crippen molar-refractivity contribution in [2.75, 3.05) is 13.2 Å². The van der Waals surface area contributed by atoms with E-state index in [0.717, 1.165) is 20.5 Å².